The van der Waals surface area contributed by atoms with E-state index in [2.05, 4.69) is 38.7 Å². The van der Waals surface area contributed by atoms with Crippen LogP contribution in [0.25, 0.3) is 10.8 Å². The molecule has 0 saturated heterocycles. The maximum Gasteiger partial charge on any atom is 0.0825 e. The first-order chi connectivity index (χ1) is 9.24. The Morgan fingerprint density at radius 1 is 1.16 bits per heavy atom. The summed E-state index contributed by atoms with van der Waals surface area (Å²) in [4.78, 5) is 4.12. The Labute approximate surface area is 111 Å². The second-order valence-electron chi connectivity index (χ2n) is 4.72. The van der Waals surface area contributed by atoms with Gasteiger partial charge < -0.3 is 5.32 Å². The molecule has 96 valence electrons. The molecule has 0 aliphatic rings. The lowest BCUT2D eigenvalue weighted by molar-refractivity contribution is 1.02. The van der Waals surface area contributed by atoms with E-state index in [-0.39, 0.29) is 0 Å². The van der Waals surface area contributed by atoms with Crippen LogP contribution < -0.4 is 5.32 Å². The SMILES string of the molecule is Cc1n[nH]c(C)c1NCc1ccc2cnccc2c1. The van der Waals surface area contributed by atoms with E-state index < -0.39 is 0 Å². The fourth-order valence-electron chi connectivity index (χ4n) is 2.24. The average molecular weight is 252 g/mol. The Hall–Kier alpha value is -2.36. The monoisotopic (exact) mass is 252 g/mol. The van der Waals surface area contributed by atoms with Crippen LogP contribution in [0.5, 0.6) is 0 Å². The number of aromatic nitrogens is 3. The van der Waals surface area contributed by atoms with Crippen LogP contribution in [-0.4, -0.2) is 15.2 Å². The normalized spacial score (nSPS) is 10.8. The molecule has 2 heterocycles. The molecule has 0 saturated carbocycles. The summed E-state index contributed by atoms with van der Waals surface area (Å²) in [6.07, 6.45) is 3.71. The molecule has 3 rings (SSSR count). The lowest BCUT2D eigenvalue weighted by Gasteiger charge is -2.07. The van der Waals surface area contributed by atoms with Crippen molar-refractivity contribution < 1.29 is 0 Å². The van der Waals surface area contributed by atoms with Crippen LogP contribution in [0.1, 0.15) is 17.0 Å². The van der Waals surface area contributed by atoms with Crippen LogP contribution in [0, 0.1) is 13.8 Å². The Morgan fingerprint density at radius 2 is 2.05 bits per heavy atom. The summed E-state index contributed by atoms with van der Waals surface area (Å²) in [5.41, 5.74) is 4.42. The zero-order valence-corrected chi connectivity index (χ0v) is 11.1. The zero-order chi connectivity index (χ0) is 13.2. The number of anilines is 1. The van der Waals surface area contributed by atoms with Crippen LogP contribution in [0.4, 0.5) is 5.69 Å². The van der Waals surface area contributed by atoms with E-state index >= 15 is 0 Å². The minimum atomic E-state index is 0.791. The van der Waals surface area contributed by atoms with E-state index in [9.17, 15) is 0 Å². The predicted octanol–water partition coefficient (Wildman–Crippen LogP) is 3.19. The number of hydrogen-bond acceptors (Lipinski definition) is 3. The van der Waals surface area contributed by atoms with Gasteiger partial charge in [-0.3, -0.25) is 10.1 Å². The molecule has 19 heavy (non-hydrogen) atoms. The summed E-state index contributed by atoms with van der Waals surface area (Å²) in [5, 5.41) is 13.0. The summed E-state index contributed by atoms with van der Waals surface area (Å²) in [6, 6.07) is 8.46. The van der Waals surface area contributed by atoms with E-state index in [1.807, 2.05) is 32.3 Å². The van der Waals surface area contributed by atoms with Gasteiger partial charge in [-0.05, 0) is 36.9 Å². The van der Waals surface area contributed by atoms with E-state index in [0.29, 0.717) is 0 Å². The van der Waals surface area contributed by atoms with Gasteiger partial charge in [-0.15, -0.1) is 0 Å². The van der Waals surface area contributed by atoms with Gasteiger partial charge >= 0.3 is 0 Å². The number of rotatable bonds is 3. The summed E-state index contributed by atoms with van der Waals surface area (Å²) in [5.74, 6) is 0. The van der Waals surface area contributed by atoms with Crippen molar-refractivity contribution in [2.24, 2.45) is 0 Å². The molecular weight excluding hydrogens is 236 g/mol. The lowest BCUT2D eigenvalue weighted by Crippen LogP contribution is -2.01. The molecule has 0 spiro atoms. The summed E-state index contributed by atoms with van der Waals surface area (Å²) in [6.45, 7) is 4.81. The van der Waals surface area contributed by atoms with Gasteiger partial charge in [-0.1, -0.05) is 12.1 Å². The number of H-pyrrole nitrogens is 1. The second-order valence-corrected chi connectivity index (χ2v) is 4.72. The number of aromatic amines is 1. The van der Waals surface area contributed by atoms with Gasteiger partial charge in [0.05, 0.1) is 17.1 Å². The Kier molecular flexibility index (Phi) is 2.91. The largest absolute Gasteiger partial charge is 0.378 e. The zero-order valence-electron chi connectivity index (χ0n) is 11.1. The van der Waals surface area contributed by atoms with Crippen LogP contribution in [0.15, 0.2) is 36.7 Å². The maximum atomic E-state index is 4.18. The average Bonchev–Trinajstić information content (AvgIpc) is 2.76. The van der Waals surface area contributed by atoms with Gasteiger partial charge in [0.2, 0.25) is 0 Å². The first-order valence-corrected chi connectivity index (χ1v) is 6.32. The van der Waals surface area contributed by atoms with Crippen molar-refractivity contribution in [2.75, 3.05) is 5.32 Å². The van der Waals surface area contributed by atoms with Gasteiger partial charge in [0.1, 0.15) is 0 Å². The molecule has 0 aliphatic heterocycles. The van der Waals surface area contributed by atoms with E-state index in [1.165, 1.54) is 16.3 Å². The third-order valence-corrected chi connectivity index (χ3v) is 3.30. The molecule has 3 aromatic rings. The molecule has 2 aromatic heterocycles. The Morgan fingerprint density at radius 3 is 2.84 bits per heavy atom. The first-order valence-electron chi connectivity index (χ1n) is 6.32. The summed E-state index contributed by atoms with van der Waals surface area (Å²) in [7, 11) is 0. The molecule has 4 nitrogen and oxygen atoms in total. The molecule has 0 fully saturated rings. The van der Waals surface area contributed by atoms with Crippen LogP contribution in [0.2, 0.25) is 0 Å². The number of hydrogen-bond donors (Lipinski definition) is 2. The van der Waals surface area contributed by atoms with Crippen molar-refractivity contribution >= 4 is 16.5 Å². The van der Waals surface area contributed by atoms with Crippen molar-refractivity contribution in [1.82, 2.24) is 15.2 Å². The lowest BCUT2D eigenvalue weighted by atomic mass is 10.1. The molecule has 0 bridgehead atoms. The summed E-state index contributed by atoms with van der Waals surface area (Å²) < 4.78 is 0. The highest BCUT2D eigenvalue weighted by molar-refractivity contribution is 5.82. The topological polar surface area (TPSA) is 53.6 Å². The molecule has 1 aromatic carbocycles. The van der Waals surface area contributed by atoms with Crippen LogP contribution in [0.3, 0.4) is 0 Å². The Bertz CT molecular complexity index is 695. The third kappa shape index (κ3) is 2.29. The van der Waals surface area contributed by atoms with Crippen molar-refractivity contribution in [1.29, 1.82) is 0 Å². The quantitative estimate of drug-likeness (QED) is 0.752. The van der Waals surface area contributed by atoms with E-state index in [4.69, 9.17) is 0 Å². The number of fused-ring (bicyclic) bond motifs is 1. The van der Waals surface area contributed by atoms with Gasteiger partial charge in [0.15, 0.2) is 0 Å². The van der Waals surface area contributed by atoms with E-state index in [0.717, 1.165) is 23.6 Å². The van der Waals surface area contributed by atoms with Gasteiger partial charge in [-0.25, -0.2) is 0 Å². The molecule has 0 radical (unpaired) electrons. The minimum absolute atomic E-state index is 0.791. The highest BCUT2D eigenvalue weighted by atomic mass is 15.1. The number of benzene rings is 1. The van der Waals surface area contributed by atoms with Crippen LogP contribution in [-0.2, 0) is 6.54 Å². The third-order valence-electron chi connectivity index (χ3n) is 3.30. The standard InChI is InChI=1S/C15H16N4/c1-10-15(11(2)19-18-10)17-8-12-3-4-14-9-16-6-5-13(14)7-12/h3-7,9,17H,8H2,1-2H3,(H,18,19). The number of nitrogens with zero attached hydrogens (tertiary/aromatic N) is 2. The van der Waals surface area contributed by atoms with Crippen molar-refractivity contribution in [3.63, 3.8) is 0 Å². The molecule has 0 amide bonds. The Balaban J connectivity index is 1.82. The van der Waals surface area contributed by atoms with Gasteiger partial charge in [-0.2, -0.15) is 5.10 Å². The molecule has 0 atom stereocenters. The highest BCUT2D eigenvalue weighted by Gasteiger charge is 2.05. The number of pyridine rings is 1. The maximum absolute atomic E-state index is 4.18. The summed E-state index contributed by atoms with van der Waals surface area (Å²) >= 11 is 0. The van der Waals surface area contributed by atoms with Crippen LogP contribution >= 0.6 is 0 Å². The molecule has 0 aliphatic carbocycles. The van der Waals surface area contributed by atoms with Gasteiger partial charge in [0.25, 0.3) is 0 Å². The molecular formula is C15H16N4. The van der Waals surface area contributed by atoms with Crippen molar-refractivity contribution in [3.05, 3.63) is 53.6 Å². The van der Waals surface area contributed by atoms with E-state index in [1.54, 1.807) is 0 Å². The fourth-order valence-corrected chi connectivity index (χ4v) is 2.24. The molecule has 0 unspecified atom stereocenters. The number of aryl methyl sites for hydroxylation is 2. The second kappa shape index (κ2) is 4.72. The number of nitrogens with one attached hydrogen (secondary N) is 2. The highest BCUT2D eigenvalue weighted by Crippen LogP contribution is 2.19. The fraction of sp³-hybridized carbons (Fsp3) is 0.200. The molecule has 2 N–H and O–H groups in total. The smallest absolute Gasteiger partial charge is 0.0825 e. The van der Waals surface area contributed by atoms with Crippen molar-refractivity contribution in [3.8, 4) is 0 Å². The predicted molar refractivity (Wildman–Crippen MR) is 77.1 cm³/mol. The van der Waals surface area contributed by atoms with Gasteiger partial charge in [0, 0.05) is 24.3 Å². The minimum Gasteiger partial charge on any atom is -0.378 e. The van der Waals surface area contributed by atoms with Crippen molar-refractivity contribution in [2.45, 2.75) is 20.4 Å². The first kappa shape index (κ1) is 11.7. The molecule has 4 heteroatoms.